The number of anilines is 1. The Kier molecular flexibility index (Phi) is 5.49. The first-order valence-corrected chi connectivity index (χ1v) is 7.45. The molecular weight excluding hydrogens is 258 g/mol. The Morgan fingerprint density at radius 1 is 1.32 bits per heavy atom. The molecule has 1 aromatic carbocycles. The zero-order chi connectivity index (χ0) is 13.7. The van der Waals surface area contributed by atoms with Crippen molar-refractivity contribution in [2.24, 2.45) is 0 Å². The average molecular weight is 282 g/mol. The van der Waals surface area contributed by atoms with Gasteiger partial charge in [-0.05, 0) is 50.7 Å². The second kappa shape index (κ2) is 7.13. The minimum Gasteiger partial charge on any atom is -0.373 e. The van der Waals surface area contributed by atoms with E-state index in [0.717, 1.165) is 30.2 Å². The number of hydrogen-bond donors (Lipinski definition) is 1. The highest BCUT2D eigenvalue weighted by atomic mass is 35.5. The molecule has 0 bridgehead atoms. The highest BCUT2D eigenvalue weighted by Gasteiger charge is 2.12. The van der Waals surface area contributed by atoms with Crippen LogP contribution in [0.15, 0.2) is 18.2 Å². The maximum absolute atomic E-state index is 6.30. The number of likely N-dealkylation sites (N-methyl/N-ethyl adjacent to an activating group) is 1. The van der Waals surface area contributed by atoms with E-state index in [0.29, 0.717) is 0 Å². The molecule has 0 radical (unpaired) electrons. The quantitative estimate of drug-likeness (QED) is 0.865. The van der Waals surface area contributed by atoms with Gasteiger partial charge in [-0.1, -0.05) is 17.7 Å². The molecule has 1 aliphatic heterocycles. The topological polar surface area (TPSA) is 18.5 Å². The van der Waals surface area contributed by atoms with Crippen molar-refractivity contribution in [2.75, 3.05) is 45.2 Å². The molecule has 1 saturated heterocycles. The molecule has 106 valence electrons. The van der Waals surface area contributed by atoms with Gasteiger partial charge in [0.1, 0.15) is 0 Å². The lowest BCUT2D eigenvalue weighted by Crippen LogP contribution is -2.31. The van der Waals surface area contributed by atoms with Crippen molar-refractivity contribution in [3.63, 3.8) is 0 Å². The van der Waals surface area contributed by atoms with Gasteiger partial charge in [0.25, 0.3) is 0 Å². The Labute approximate surface area is 121 Å². The van der Waals surface area contributed by atoms with Gasteiger partial charge in [-0.15, -0.1) is 0 Å². The van der Waals surface area contributed by atoms with E-state index in [2.05, 4.69) is 40.4 Å². The van der Waals surface area contributed by atoms with Crippen molar-refractivity contribution in [3.05, 3.63) is 28.8 Å². The van der Waals surface area contributed by atoms with Crippen LogP contribution in [0.5, 0.6) is 0 Å². The number of hydrogen-bond acceptors (Lipinski definition) is 3. The van der Waals surface area contributed by atoms with Crippen molar-refractivity contribution in [1.29, 1.82) is 0 Å². The lowest BCUT2D eigenvalue weighted by atomic mass is 10.2. The lowest BCUT2D eigenvalue weighted by Gasteiger charge is -2.23. The lowest BCUT2D eigenvalue weighted by molar-refractivity contribution is 0.346. The van der Waals surface area contributed by atoms with E-state index < -0.39 is 0 Å². The summed E-state index contributed by atoms with van der Waals surface area (Å²) in [6.07, 6.45) is 2.71. The van der Waals surface area contributed by atoms with Crippen molar-refractivity contribution < 1.29 is 0 Å². The number of halogens is 1. The minimum atomic E-state index is 0.816. The van der Waals surface area contributed by atoms with Gasteiger partial charge in [0.2, 0.25) is 0 Å². The van der Waals surface area contributed by atoms with Crippen LogP contribution in [0.1, 0.15) is 18.4 Å². The Morgan fingerprint density at radius 2 is 2.05 bits per heavy atom. The fourth-order valence-electron chi connectivity index (χ4n) is 2.53. The molecule has 1 fully saturated rings. The standard InChI is InChI=1S/C15H24ClN3/c1-17-12-13-5-6-14(11-15(13)16)18(2)9-10-19-7-3-4-8-19/h5-6,11,17H,3-4,7-10,12H2,1-2H3. The third kappa shape index (κ3) is 4.10. The van der Waals surface area contributed by atoms with Crippen LogP contribution < -0.4 is 10.2 Å². The predicted molar refractivity (Wildman–Crippen MR) is 83.2 cm³/mol. The average Bonchev–Trinajstić information content (AvgIpc) is 2.91. The van der Waals surface area contributed by atoms with Crippen LogP contribution in [0, 0.1) is 0 Å². The number of benzene rings is 1. The second-order valence-corrected chi connectivity index (χ2v) is 5.68. The number of nitrogens with zero attached hydrogens (tertiary/aromatic N) is 2. The molecular formula is C15H24ClN3. The number of likely N-dealkylation sites (tertiary alicyclic amines) is 1. The first-order valence-electron chi connectivity index (χ1n) is 7.07. The van der Waals surface area contributed by atoms with E-state index in [9.17, 15) is 0 Å². The van der Waals surface area contributed by atoms with Crippen LogP contribution in [-0.4, -0.2) is 45.2 Å². The maximum atomic E-state index is 6.30. The zero-order valence-electron chi connectivity index (χ0n) is 12.0. The summed E-state index contributed by atoms with van der Waals surface area (Å²) in [6, 6.07) is 6.33. The largest absolute Gasteiger partial charge is 0.373 e. The normalized spacial score (nSPS) is 15.9. The summed E-state index contributed by atoms with van der Waals surface area (Å²) >= 11 is 6.30. The molecule has 0 spiro atoms. The summed E-state index contributed by atoms with van der Waals surface area (Å²) in [5, 5.41) is 3.98. The van der Waals surface area contributed by atoms with E-state index in [4.69, 9.17) is 11.6 Å². The Hall–Kier alpha value is -0.770. The molecule has 4 heteroatoms. The molecule has 1 N–H and O–H groups in total. The van der Waals surface area contributed by atoms with E-state index >= 15 is 0 Å². The predicted octanol–water partition coefficient (Wildman–Crippen LogP) is 2.59. The smallest absolute Gasteiger partial charge is 0.0471 e. The van der Waals surface area contributed by atoms with Crippen LogP contribution in [0.2, 0.25) is 5.02 Å². The molecule has 3 nitrogen and oxygen atoms in total. The highest BCUT2D eigenvalue weighted by Crippen LogP contribution is 2.23. The van der Waals surface area contributed by atoms with Gasteiger partial charge in [0.05, 0.1) is 0 Å². The van der Waals surface area contributed by atoms with E-state index in [1.807, 2.05) is 7.05 Å². The molecule has 0 aromatic heterocycles. The van der Waals surface area contributed by atoms with Gasteiger partial charge >= 0.3 is 0 Å². The van der Waals surface area contributed by atoms with Gasteiger partial charge in [-0.2, -0.15) is 0 Å². The van der Waals surface area contributed by atoms with Crippen molar-refractivity contribution in [2.45, 2.75) is 19.4 Å². The van der Waals surface area contributed by atoms with Gasteiger partial charge in [0.15, 0.2) is 0 Å². The van der Waals surface area contributed by atoms with Crippen LogP contribution in [0.4, 0.5) is 5.69 Å². The molecule has 1 heterocycles. The molecule has 0 aliphatic carbocycles. The van der Waals surface area contributed by atoms with Gasteiger partial charge < -0.3 is 15.1 Å². The van der Waals surface area contributed by atoms with E-state index in [1.54, 1.807) is 0 Å². The fraction of sp³-hybridized carbons (Fsp3) is 0.600. The first-order chi connectivity index (χ1) is 9.20. The van der Waals surface area contributed by atoms with Crippen LogP contribution in [0.3, 0.4) is 0 Å². The van der Waals surface area contributed by atoms with Gasteiger partial charge in [-0.3, -0.25) is 0 Å². The molecule has 19 heavy (non-hydrogen) atoms. The molecule has 1 aromatic rings. The first kappa shape index (κ1) is 14.6. The Morgan fingerprint density at radius 3 is 2.68 bits per heavy atom. The monoisotopic (exact) mass is 281 g/mol. The second-order valence-electron chi connectivity index (χ2n) is 5.28. The van der Waals surface area contributed by atoms with Crippen molar-refractivity contribution in [3.8, 4) is 0 Å². The van der Waals surface area contributed by atoms with E-state index in [1.165, 1.54) is 31.6 Å². The summed E-state index contributed by atoms with van der Waals surface area (Å²) in [4.78, 5) is 4.82. The highest BCUT2D eigenvalue weighted by molar-refractivity contribution is 6.31. The summed E-state index contributed by atoms with van der Waals surface area (Å²) < 4.78 is 0. The number of nitrogens with one attached hydrogen (secondary N) is 1. The van der Waals surface area contributed by atoms with Crippen molar-refractivity contribution in [1.82, 2.24) is 10.2 Å². The minimum absolute atomic E-state index is 0.816. The van der Waals surface area contributed by atoms with Crippen molar-refractivity contribution >= 4 is 17.3 Å². The summed E-state index contributed by atoms with van der Waals surface area (Å²) in [5.41, 5.74) is 2.35. The summed E-state index contributed by atoms with van der Waals surface area (Å²) in [5.74, 6) is 0. The summed E-state index contributed by atoms with van der Waals surface area (Å²) in [6.45, 7) is 5.54. The molecule has 2 rings (SSSR count). The Balaban J connectivity index is 1.90. The van der Waals surface area contributed by atoms with Gasteiger partial charge in [-0.25, -0.2) is 0 Å². The Bertz CT molecular complexity index is 402. The maximum Gasteiger partial charge on any atom is 0.0471 e. The van der Waals surface area contributed by atoms with Crippen LogP contribution >= 0.6 is 11.6 Å². The third-order valence-corrected chi connectivity index (χ3v) is 4.15. The molecule has 0 saturated carbocycles. The molecule has 1 aliphatic rings. The molecule has 0 amide bonds. The summed E-state index contributed by atoms with van der Waals surface area (Å²) in [7, 11) is 4.08. The van der Waals surface area contributed by atoms with E-state index in [-0.39, 0.29) is 0 Å². The molecule has 0 unspecified atom stereocenters. The van der Waals surface area contributed by atoms with Gasteiger partial charge in [0, 0.05) is 37.4 Å². The SMILES string of the molecule is CNCc1ccc(N(C)CCN2CCCC2)cc1Cl. The number of rotatable bonds is 6. The zero-order valence-corrected chi connectivity index (χ0v) is 12.7. The van der Waals surface area contributed by atoms with Crippen LogP contribution in [-0.2, 0) is 6.54 Å². The van der Waals surface area contributed by atoms with Crippen LogP contribution in [0.25, 0.3) is 0 Å². The fourth-order valence-corrected chi connectivity index (χ4v) is 2.78. The molecule has 0 atom stereocenters. The third-order valence-electron chi connectivity index (χ3n) is 3.79.